The molecule has 2 aromatic heterocycles. The molecule has 0 radical (unpaired) electrons. The van der Waals surface area contributed by atoms with Crippen molar-refractivity contribution in [1.29, 1.82) is 0 Å². The molecule has 3 rings (SSSR count). The summed E-state index contributed by atoms with van der Waals surface area (Å²) in [4.78, 5) is 17.3. The molecular weight excluding hydrogens is 283 g/mol. The van der Waals surface area contributed by atoms with Gasteiger partial charge in [0, 0.05) is 56.4 Å². The van der Waals surface area contributed by atoms with E-state index in [2.05, 4.69) is 24.8 Å². The molecule has 2 aromatic rings. The van der Waals surface area contributed by atoms with E-state index >= 15 is 0 Å². The molecule has 0 atom stereocenters. The average molecular weight is 295 g/mol. The number of alkyl halides is 3. The van der Waals surface area contributed by atoms with E-state index in [0.717, 1.165) is 11.3 Å². The van der Waals surface area contributed by atoms with Crippen molar-refractivity contribution >= 4 is 0 Å². The normalized spacial score (nSPS) is 15.8. The van der Waals surface area contributed by atoms with E-state index in [1.54, 1.807) is 18.6 Å². The van der Waals surface area contributed by atoms with Gasteiger partial charge < -0.3 is 0 Å². The van der Waals surface area contributed by atoms with Crippen molar-refractivity contribution in [2.24, 2.45) is 0 Å². The van der Waals surface area contributed by atoms with Crippen molar-refractivity contribution in [1.82, 2.24) is 24.8 Å². The summed E-state index contributed by atoms with van der Waals surface area (Å²) in [6, 6.07) is 0. The van der Waals surface area contributed by atoms with Gasteiger partial charge in [-0.3, -0.25) is 14.9 Å². The molecule has 1 aliphatic rings. The number of hydrogen-bond donors (Lipinski definition) is 0. The fourth-order valence-corrected chi connectivity index (χ4v) is 2.29. The van der Waals surface area contributed by atoms with Crippen molar-refractivity contribution < 1.29 is 13.2 Å². The number of rotatable bonds is 2. The summed E-state index contributed by atoms with van der Waals surface area (Å²) in [7, 11) is 0. The summed E-state index contributed by atoms with van der Waals surface area (Å²) in [6.45, 7) is 1.76. The smallest absolute Gasteiger partial charge is 0.293 e. The van der Waals surface area contributed by atoms with Gasteiger partial charge in [-0.25, -0.2) is 9.97 Å². The number of nitrogens with zero attached hydrogens (tertiary/aromatic N) is 5. The highest BCUT2D eigenvalue weighted by molar-refractivity contribution is 5.21. The van der Waals surface area contributed by atoms with Crippen LogP contribution in [0.25, 0.3) is 0 Å². The lowest BCUT2D eigenvalue weighted by molar-refractivity contribution is -0.145. The Kier molecular flexibility index (Phi) is 3.54. The average Bonchev–Trinajstić information content (AvgIpc) is 2.47. The van der Waals surface area contributed by atoms with Gasteiger partial charge in [0.2, 0.25) is 5.82 Å². The maximum Gasteiger partial charge on any atom is 0.451 e. The molecule has 0 bridgehead atoms. The Balaban J connectivity index is 1.74. The van der Waals surface area contributed by atoms with Crippen molar-refractivity contribution in [3.63, 3.8) is 0 Å². The SMILES string of the molecule is FC(F)(F)c1ncc2c(n1)CCN(Cc1cnccn1)C2. The minimum atomic E-state index is -4.49. The zero-order chi connectivity index (χ0) is 14.9. The number of halogens is 3. The first-order chi connectivity index (χ1) is 10.0. The predicted octanol–water partition coefficient (Wildman–Crippen LogP) is 1.84. The highest BCUT2D eigenvalue weighted by atomic mass is 19.4. The van der Waals surface area contributed by atoms with Crippen LogP contribution < -0.4 is 0 Å². The molecule has 8 heteroatoms. The minimum absolute atomic E-state index is 0.473. The maximum atomic E-state index is 12.6. The minimum Gasteiger partial charge on any atom is -0.293 e. The zero-order valence-corrected chi connectivity index (χ0v) is 11.0. The molecule has 0 fully saturated rings. The van der Waals surface area contributed by atoms with E-state index in [9.17, 15) is 13.2 Å². The summed E-state index contributed by atoms with van der Waals surface area (Å²) in [5, 5.41) is 0. The van der Waals surface area contributed by atoms with E-state index < -0.39 is 12.0 Å². The first-order valence-corrected chi connectivity index (χ1v) is 6.41. The van der Waals surface area contributed by atoms with Crippen LogP contribution in [-0.4, -0.2) is 31.4 Å². The summed E-state index contributed by atoms with van der Waals surface area (Å²) in [5.41, 5.74) is 2.04. The van der Waals surface area contributed by atoms with E-state index in [1.807, 2.05) is 0 Å². The fourth-order valence-electron chi connectivity index (χ4n) is 2.29. The van der Waals surface area contributed by atoms with Crippen LogP contribution in [0, 0.1) is 0 Å². The van der Waals surface area contributed by atoms with Crippen LogP contribution in [0.4, 0.5) is 13.2 Å². The molecular formula is C13H12F3N5. The summed E-state index contributed by atoms with van der Waals surface area (Å²) >= 11 is 0. The van der Waals surface area contributed by atoms with Crippen molar-refractivity contribution in [2.75, 3.05) is 6.54 Å². The molecule has 0 aliphatic carbocycles. The molecule has 0 saturated carbocycles. The molecule has 0 spiro atoms. The van der Waals surface area contributed by atoms with Crippen molar-refractivity contribution in [2.45, 2.75) is 25.7 Å². The molecule has 0 N–H and O–H groups in total. The highest BCUT2D eigenvalue weighted by Crippen LogP contribution is 2.27. The third-order valence-corrected chi connectivity index (χ3v) is 3.27. The molecule has 0 unspecified atom stereocenters. The molecule has 0 saturated heterocycles. The molecule has 0 aromatic carbocycles. The molecule has 3 heterocycles. The van der Waals surface area contributed by atoms with Gasteiger partial charge in [-0.1, -0.05) is 0 Å². The monoisotopic (exact) mass is 295 g/mol. The number of fused-ring (bicyclic) bond motifs is 1. The zero-order valence-electron chi connectivity index (χ0n) is 11.0. The van der Waals surface area contributed by atoms with Crippen LogP contribution in [0.5, 0.6) is 0 Å². The Labute approximate surface area is 118 Å². The van der Waals surface area contributed by atoms with Crippen molar-refractivity contribution in [3.8, 4) is 0 Å². The number of aromatic nitrogens is 4. The van der Waals surface area contributed by atoms with Gasteiger partial charge in [-0.05, 0) is 0 Å². The van der Waals surface area contributed by atoms with E-state index in [1.165, 1.54) is 6.20 Å². The molecule has 21 heavy (non-hydrogen) atoms. The van der Waals surface area contributed by atoms with Crippen LogP contribution in [0.1, 0.15) is 22.8 Å². The molecule has 0 amide bonds. The van der Waals surface area contributed by atoms with Crippen LogP contribution in [0.15, 0.2) is 24.8 Å². The molecule has 5 nitrogen and oxygen atoms in total. The van der Waals surface area contributed by atoms with Gasteiger partial charge in [-0.2, -0.15) is 13.2 Å². The second-order valence-electron chi connectivity index (χ2n) is 4.82. The standard InChI is InChI=1S/C13H12F3N5/c14-13(15,16)12-19-5-9-7-21(4-1-11(9)20-12)8-10-6-17-2-3-18-10/h2-3,5-6H,1,4,7-8H2. The quantitative estimate of drug-likeness (QED) is 0.846. The van der Waals surface area contributed by atoms with Gasteiger partial charge >= 0.3 is 6.18 Å². The highest BCUT2D eigenvalue weighted by Gasteiger charge is 2.35. The van der Waals surface area contributed by atoms with Crippen molar-refractivity contribution in [3.05, 3.63) is 47.6 Å². The Hall–Kier alpha value is -2.09. The van der Waals surface area contributed by atoms with Gasteiger partial charge in [0.15, 0.2) is 0 Å². The summed E-state index contributed by atoms with van der Waals surface area (Å²) in [5.74, 6) is -1.07. The Morgan fingerprint density at radius 2 is 2.00 bits per heavy atom. The van der Waals surface area contributed by atoms with Crippen LogP contribution in [0.3, 0.4) is 0 Å². The Morgan fingerprint density at radius 3 is 2.71 bits per heavy atom. The Morgan fingerprint density at radius 1 is 1.14 bits per heavy atom. The topological polar surface area (TPSA) is 54.8 Å². The maximum absolute atomic E-state index is 12.6. The first kappa shape index (κ1) is 13.9. The third-order valence-electron chi connectivity index (χ3n) is 3.27. The number of hydrogen-bond acceptors (Lipinski definition) is 5. The lowest BCUT2D eigenvalue weighted by Gasteiger charge is -2.27. The largest absolute Gasteiger partial charge is 0.451 e. The second-order valence-corrected chi connectivity index (χ2v) is 4.82. The van der Waals surface area contributed by atoms with Gasteiger partial charge in [0.05, 0.1) is 11.4 Å². The van der Waals surface area contributed by atoms with Gasteiger partial charge in [0.1, 0.15) is 0 Å². The third kappa shape index (κ3) is 3.15. The lowest BCUT2D eigenvalue weighted by atomic mass is 10.1. The van der Waals surface area contributed by atoms with Crippen LogP contribution in [0.2, 0.25) is 0 Å². The van der Waals surface area contributed by atoms with Crippen LogP contribution in [-0.2, 0) is 25.7 Å². The summed E-state index contributed by atoms with van der Waals surface area (Å²) in [6.07, 6.45) is 2.15. The molecule has 110 valence electrons. The Bertz CT molecular complexity index is 629. The van der Waals surface area contributed by atoms with E-state index in [0.29, 0.717) is 31.7 Å². The summed E-state index contributed by atoms with van der Waals surface area (Å²) < 4.78 is 37.7. The predicted molar refractivity (Wildman–Crippen MR) is 66.9 cm³/mol. The first-order valence-electron chi connectivity index (χ1n) is 6.41. The van der Waals surface area contributed by atoms with Gasteiger partial charge in [-0.15, -0.1) is 0 Å². The fraction of sp³-hybridized carbons (Fsp3) is 0.385. The van der Waals surface area contributed by atoms with E-state index in [-0.39, 0.29) is 0 Å². The van der Waals surface area contributed by atoms with E-state index in [4.69, 9.17) is 0 Å². The van der Waals surface area contributed by atoms with Crippen LogP contribution >= 0.6 is 0 Å². The second kappa shape index (κ2) is 5.36. The molecule has 1 aliphatic heterocycles. The lowest BCUT2D eigenvalue weighted by Crippen LogP contribution is -2.32. The van der Waals surface area contributed by atoms with Gasteiger partial charge in [0.25, 0.3) is 0 Å².